The van der Waals surface area contributed by atoms with Crippen molar-refractivity contribution in [1.82, 2.24) is 0 Å². The Morgan fingerprint density at radius 3 is 2.39 bits per heavy atom. The second-order valence-corrected chi connectivity index (χ2v) is 9.45. The van der Waals surface area contributed by atoms with E-state index < -0.39 is 16.2 Å². The molecule has 0 fully saturated rings. The lowest BCUT2D eigenvalue weighted by Gasteiger charge is -2.12. The van der Waals surface area contributed by atoms with Gasteiger partial charge in [-0.15, -0.1) is 0 Å². The summed E-state index contributed by atoms with van der Waals surface area (Å²) < 4.78 is 40.2. The molecule has 0 aromatic heterocycles. The Kier molecular flexibility index (Phi) is 11.3. The van der Waals surface area contributed by atoms with E-state index in [1.54, 1.807) is 25.3 Å². The van der Waals surface area contributed by atoms with E-state index in [0.29, 0.717) is 6.61 Å². The fourth-order valence-corrected chi connectivity index (χ4v) is 3.85. The van der Waals surface area contributed by atoms with Gasteiger partial charge in [-0.25, -0.2) is 0 Å². The van der Waals surface area contributed by atoms with Gasteiger partial charge in [-0.2, -0.15) is 8.42 Å². The Morgan fingerprint density at radius 1 is 1.03 bits per heavy atom. The van der Waals surface area contributed by atoms with Crippen molar-refractivity contribution in [3.63, 3.8) is 0 Å². The van der Waals surface area contributed by atoms with Gasteiger partial charge in [0.15, 0.2) is 0 Å². The summed E-state index contributed by atoms with van der Waals surface area (Å²) in [5, 5.41) is 9.93. The van der Waals surface area contributed by atoms with Gasteiger partial charge in [0.25, 0.3) is 10.1 Å². The zero-order valence-corrected chi connectivity index (χ0v) is 20.3. The number of benzene rings is 2. The molecule has 180 valence electrons. The van der Waals surface area contributed by atoms with E-state index >= 15 is 0 Å². The number of allylic oxidation sites excluding steroid dienone is 3. The number of aryl methyl sites for hydroxylation is 1. The predicted molar refractivity (Wildman–Crippen MR) is 130 cm³/mol. The zero-order valence-electron chi connectivity index (χ0n) is 19.5. The van der Waals surface area contributed by atoms with Crippen LogP contribution in [-0.2, 0) is 25.6 Å². The molecule has 2 aromatic rings. The molecule has 0 bridgehead atoms. The van der Waals surface area contributed by atoms with Crippen molar-refractivity contribution >= 4 is 10.1 Å². The maximum absolute atomic E-state index is 12.1. The van der Waals surface area contributed by atoms with Gasteiger partial charge in [0.05, 0.1) is 37.4 Å². The number of hydrogen-bond donors (Lipinski definition) is 1. The van der Waals surface area contributed by atoms with Crippen molar-refractivity contribution in [3.05, 3.63) is 84.0 Å². The van der Waals surface area contributed by atoms with E-state index in [2.05, 4.69) is 6.92 Å². The molecule has 2 aromatic carbocycles. The first kappa shape index (κ1) is 26.8. The third kappa shape index (κ3) is 10.4. The number of aliphatic hydroxyl groups excluding tert-OH is 1. The molecule has 0 radical (unpaired) electrons. The summed E-state index contributed by atoms with van der Waals surface area (Å²) in [5.74, 6) is 0.833. The van der Waals surface area contributed by atoms with Crippen molar-refractivity contribution < 1.29 is 27.2 Å². The van der Waals surface area contributed by atoms with Gasteiger partial charge in [-0.3, -0.25) is 4.18 Å². The van der Waals surface area contributed by atoms with E-state index in [4.69, 9.17) is 13.7 Å². The van der Waals surface area contributed by atoms with Gasteiger partial charge in [0, 0.05) is 0 Å². The van der Waals surface area contributed by atoms with Gasteiger partial charge in [-0.1, -0.05) is 54.1 Å². The van der Waals surface area contributed by atoms with E-state index in [1.807, 2.05) is 43.3 Å². The minimum atomic E-state index is -3.88. The first-order valence-corrected chi connectivity index (χ1v) is 12.4. The van der Waals surface area contributed by atoms with Crippen molar-refractivity contribution in [3.8, 4) is 5.75 Å². The molecule has 2 atom stereocenters. The van der Waals surface area contributed by atoms with Gasteiger partial charge in [0.1, 0.15) is 5.75 Å². The van der Waals surface area contributed by atoms with Crippen LogP contribution in [0.1, 0.15) is 37.3 Å². The maximum Gasteiger partial charge on any atom is 0.297 e. The van der Waals surface area contributed by atoms with Crippen molar-refractivity contribution in [2.45, 2.75) is 56.8 Å². The topological polar surface area (TPSA) is 82.1 Å². The van der Waals surface area contributed by atoms with E-state index in [0.717, 1.165) is 36.1 Å². The van der Waals surface area contributed by atoms with Crippen LogP contribution in [0.2, 0.25) is 0 Å². The highest BCUT2D eigenvalue weighted by molar-refractivity contribution is 7.86. The van der Waals surface area contributed by atoms with Crippen LogP contribution >= 0.6 is 0 Å². The second-order valence-electron chi connectivity index (χ2n) is 7.83. The number of rotatable bonds is 14. The Morgan fingerprint density at radius 2 is 1.73 bits per heavy atom. The summed E-state index contributed by atoms with van der Waals surface area (Å²) in [6.07, 6.45) is 8.98. The summed E-state index contributed by atoms with van der Waals surface area (Å²) in [6, 6.07) is 14.2. The SMILES string of the molecule is COc1ccc(CO[C@H](C)CCC/C=C/C=C/[C@H](O)COS(=O)(=O)c2ccc(C)cc2)cc1. The molecule has 2 rings (SSSR count). The summed E-state index contributed by atoms with van der Waals surface area (Å²) in [6.45, 7) is 4.18. The van der Waals surface area contributed by atoms with E-state index in [1.165, 1.54) is 18.2 Å². The van der Waals surface area contributed by atoms with Gasteiger partial charge >= 0.3 is 0 Å². The molecule has 1 N–H and O–H groups in total. The summed E-state index contributed by atoms with van der Waals surface area (Å²) >= 11 is 0. The normalized spacial score (nSPS) is 14.1. The molecule has 0 amide bonds. The molecule has 0 unspecified atom stereocenters. The number of hydrogen-bond acceptors (Lipinski definition) is 6. The number of unbranched alkanes of at least 4 members (excludes halogenated alkanes) is 1. The average Bonchev–Trinajstić information content (AvgIpc) is 2.81. The van der Waals surface area contributed by atoms with Gasteiger partial charge in [0.2, 0.25) is 0 Å². The highest BCUT2D eigenvalue weighted by Gasteiger charge is 2.16. The molecule has 0 aliphatic rings. The number of ether oxygens (including phenoxy) is 2. The van der Waals surface area contributed by atoms with Crippen LogP contribution in [0.3, 0.4) is 0 Å². The maximum atomic E-state index is 12.1. The molecule has 0 saturated heterocycles. The Hall–Kier alpha value is -2.45. The van der Waals surface area contributed by atoms with E-state index in [9.17, 15) is 13.5 Å². The molecule has 6 nitrogen and oxygen atoms in total. The van der Waals surface area contributed by atoms with Gasteiger partial charge in [-0.05, 0) is 62.9 Å². The first-order chi connectivity index (χ1) is 15.8. The van der Waals surface area contributed by atoms with Crippen LogP contribution in [-0.4, -0.2) is 39.4 Å². The highest BCUT2D eigenvalue weighted by atomic mass is 32.2. The third-order valence-corrected chi connectivity index (χ3v) is 6.25. The van der Waals surface area contributed by atoms with Crippen molar-refractivity contribution in [1.29, 1.82) is 0 Å². The largest absolute Gasteiger partial charge is 0.497 e. The minimum Gasteiger partial charge on any atom is -0.497 e. The first-order valence-electron chi connectivity index (χ1n) is 11.0. The summed E-state index contributed by atoms with van der Waals surface area (Å²) in [4.78, 5) is 0.0754. The quantitative estimate of drug-likeness (QED) is 0.237. The fraction of sp³-hybridized carbons (Fsp3) is 0.385. The van der Waals surface area contributed by atoms with Crippen LogP contribution in [0.15, 0.2) is 77.7 Å². The molecule has 33 heavy (non-hydrogen) atoms. The molecule has 0 heterocycles. The molecular weight excluding hydrogens is 440 g/mol. The average molecular weight is 475 g/mol. The third-order valence-electron chi connectivity index (χ3n) is 4.96. The standard InChI is InChI=1S/C26H34O6S/c1-21-11-17-26(18-12-21)33(28,29)32-20-24(27)10-8-6-4-5-7-9-22(2)31-19-23-13-15-25(30-3)16-14-23/h4,6,8,10-18,22,24,27H,5,7,9,19-20H2,1-3H3/b6-4+,10-8+/t22-,24+/m1/s1. The Labute approximate surface area is 197 Å². The smallest absolute Gasteiger partial charge is 0.297 e. The molecule has 7 heteroatoms. The van der Waals surface area contributed by atoms with E-state index in [-0.39, 0.29) is 17.6 Å². The second kappa shape index (κ2) is 14.0. The van der Waals surface area contributed by atoms with Crippen molar-refractivity contribution in [2.24, 2.45) is 0 Å². The Bertz CT molecular complexity index is 978. The molecule has 0 spiro atoms. The monoisotopic (exact) mass is 474 g/mol. The summed E-state index contributed by atoms with van der Waals surface area (Å²) in [7, 11) is -2.23. The minimum absolute atomic E-state index is 0.0754. The summed E-state index contributed by atoms with van der Waals surface area (Å²) in [5.41, 5.74) is 2.07. The van der Waals surface area contributed by atoms with Crippen LogP contribution in [0.4, 0.5) is 0 Å². The molecule has 0 saturated carbocycles. The van der Waals surface area contributed by atoms with Crippen LogP contribution < -0.4 is 4.74 Å². The van der Waals surface area contributed by atoms with Gasteiger partial charge < -0.3 is 14.6 Å². The van der Waals surface area contributed by atoms with Crippen LogP contribution in [0.5, 0.6) is 5.75 Å². The molecule has 0 aliphatic heterocycles. The molecular formula is C26H34O6S. The Balaban J connectivity index is 1.60. The van der Waals surface area contributed by atoms with Crippen LogP contribution in [0, 0.1) is 6.92 Å². The molecule has 0 aliphatic carbocycles. The van der Waals surface area contributed by atoms with Crippen molar-refractivity contribution in [2.75, 3.05) is 13.7 Å². The lowest BCUT2D eigenvalue weighted by atomic mass is 10.1. The lowest BCUT2D eigenvalue weighted by molar-refractivity contribution is 0.0465. The fourth-order valence-electron chi connectivity index (χ4n) is 2.92. The predicted octanol–water partition coefficient (Wildman–Crippen LogP) is 4.96. The lowest BCUT2D eigenvalue weighted by Crippen LogP contribution is -2.17. The zero-order chi connectivity index (χ0) is 24.1. The van der Waals surface area contributed by atoms with Crippen LogP contribution in [0.25, 0.3) is 0 Å². The highest BCUT2D eigenvalue weighted by Crippen LogP contribution is 2.15. The number of methoxy groups -OCH3 is 1. The number of aliphatic hydroxyl groups is 1.